The van der Waals surface area contributed by atoms with Gasteiger partial charge in [0, 0.05) is 24.3 Å². The first-order valence-electron chi connectivity index (χ1n) is 7.71. The molecule has 0 aromatic carbocycles. The van der Waals surface area contributed by atoms with Crippen molar-refractivity contribution in [3.05, 3.63) is 17.6 Å². The molecule has 0 radical (unpaired) electrons. The maximum absolute atomic E-state index is 12.4. The number of amides is 1. The van der Waals surface area contributed by atoms with Gasteiger partial charge < -0.3 is 15.0 Å². The van der Waals surface area contributed by atoms with Gasteiger partial charge in [0.2, 0.25) is 5.91 Å². The second kappa shape index (κ2) is 6.39. The highest BCUT2D eigenvalue weighted by molar-refractivity contribution is 5.84. The van der Waals surface area contributed by atoms with E-state index in [0.29, 0.717) is 26.3 Å². The number of fused-ring (bicyclic) bond motifs is 1. The molecule has 2 aliphatic rings. The minimum absolute atomic E-state index is 0.112. The molecule has 6 nitrogen and oxygen atoms in total. The fourth-order valence-corrected chi connectivity index (χ4v) is 2.97. The molecule has 0 saturated carbocycles. The summed E-state index contributed by atoms with van der Waals surface area (Å²) in [6.07, 6.45) is 5.96. The Morgan fingerprint density at radius 1 is 1.29 bits per heavy atom. The molecule has 1 aliphatic heterocycles. The molecule has 0 bridgehead atoms. The number of carbonyl (C=O) groups is 1. The van der Waals surface area contributed by atoms with Gasteiger partial charge in [0.1, 0.15) is 18.2 Å². The van der Waals surface area contributed by atoms with Crippen LogP contribution in [0.3, 0.4) is 0 Å². The Kier molecular flexibility index (Phi) is 4.34. The molecule has 1 amide bonds. The van der Waals surface area contributed by atoms with Crippen molar-refractivity contribution in [3.63, 3.8) is 0 Å². The molecule has 1 aromatic heterocycles. The van der Waals surface area contributed by atoms with Crippen molar-refractivity contribution in [1.29, 1.82) is 0 Å². The number of morpholine rings is 1. The van der Waals surface area contributed by atoms with Crippen LogP contribution in [0.1, 0.15) is 31.0 Å². The number of carbonyl (C=O) groups excluding carboxylic acids is 1. The Bertz CT molecular complexity index is 514. The SMILES string of the molecule is CC(Nc1ncnc2c1CCCC2)C(=O)N1CCOCC1. The fourth-order valence-electron chi connectivity index (χ4n) is 2.97. The molecule has 3 rings (SSSR count). The van der Waals surface area contributed by atoms with Gasteiger partial charge in [0.05, 0.1) is 13.2 Å². The number of nitrogens with zero attached hydrogens (tertiary/aromatic N) is 3. The van der Waals surface area contributed by atoms with Gasteiger partial charge in [-0.2, -0.15) is 0 Å². The van der Waals surface area contributed by atoms with Gasteiger partial charge in [0.15, 0.2) is 0 Å². The summed E-state index contributed by atoms with van der Waals surface area (Å²) in [5.74, 6) is 0.940. The predicted octanol–water partition coefficient (Wildman–Crippen LogP) is 1.01. The number of rotatable bonds is 3. The monoisotopic (exact) mass is 290 g/mol. The Balaban J connectivity index is 1.69. The van der Waals surface area contributed by atoms with Crippen molar-refractivity contribution < 1.29 is 9.53 Å². The van der Waals surface area contributed by atoms with Crippen LogP contribution >= 0.6 is 0 Å². The average molecular weight is 290 g/mol. The minimum Gasteiger partial charge on any atom is -0.378 e. The molecule has 1 atom stereocenters. The lowest BCUT2D eigenvalue weighted by Crippen LogP contribution is -2.47. The molecule has 1 N–H and O–H groups in total. The van der Waals surface area contributed by atoms with E-state index < -0.39 is 0 Å². The summed E-state index contributed by atoms with van der Waals surface area (Å²) < 4.78 is 5.29. The van der Waals surface area contributed by atoms with E-state index in [9.17, 15) is 4.79 Å². The summed E-state index contributed by atoms with van der Waals surface area (Å²) in [5, 5.41) is 3.28. The third-order valence-electron chi connectivity index (χ3n) is 4.17. The fraction of sp³-hybridized carbons (Fsp3) is 0.667. The molecule has 1 saturated heterocycles. The van der Waals surface area contributed by atoms with Crippen LogP contribution in [-0.4, -0.2) is 53.1 Å². The molecule has 1 aromatic rings. The van der Waals surface area contributed by atoms with Crippen molar-refractivity contribution in [1.82, 2.24) is 14.9 Å². The Morgan fingerprint density at radius 2 is 2.05 bits per heavy atom. The van der Waals surface area contributed by atoms with Gasteiger partial charge in [-0.05, 0) is 32.6 Å². The summed E-state index contributed by atoms with van der Waals surface area (Å²) in [4.78, 5) is 23.0. The van der Waals surface area contributed by atoms with E-state index in [0.717, 1.165) is 24.4 Å². The van der Waals surface area contributed by atoms with E-state index >= 15 is 0 Å². The Labute approximate surface area is 124 Å². The highest BCUT2D eigenvalue weighted by Gasteiger charge is 2.24. The molecule has 114 valence electrons. The molecular weight excluding hydrogens is 268 g/mol. The van der Waals surface area contributed by atoms with Crippen LogP contribution in [0.5, 0.6) is 0 Å². The van der Waals surface area contributed by atoms with E-state index in [2.05, 4.69) is 15.3 Å². The lowest BCUT2D eigenvalue weighted by atomic mass is 9.96. The van der Waals surface area contributed by atoms with Gasteiger partial charge >= 0.3 is 0 Å². The second-order valence-electron chi connectivity index (χ2n) is 5.66. The number of hydrogen-bond acceptors (Lipinski definition) is 5. The molecule has 2 heterocycles. The predicted molar refractivity (Wildman–Crippen MR) is 79.2 cm³/mol. The first-order chi connectivity index (χ1) is 10.3. The van der Waals surface area contributed by atoms with Crippen LogP contribution in [-0.2, 0) is 22.4 Å². The van der Waals surface area contributed by atoms with Gasteiger partial charge in [-0.15, -0.1) is 0 Å². The third kappa shape index (κ3) is 3.15. The summed E-state index contributed by atoms with van der Waals surface area (Å²) in [6, 6.07) is -0.274. The van der Waals surface area contributed by atoms with Gasteiger partial charge in [-0.1, -0.05) is 0 Å². The van der Waals surface area contributed by atoms with Gasteiger partial charge in [-0.3, -0.25) is 4.79 Å². The van der Waals surface area contributed by atoms with E-state index in [1.54, 1.807) is 6.33 Å². The molecule has 1 aliphatic carbocycles. The molecule has 1 fully saturated rings. The number of aromatic nitrogens is 2. The van der Waals surface area contributed by atoms with Crippen molar-refractivity contribution in [2.24, 2.45) is 0 Å². The quantitative estimate of drug-likeness (QED) is 0.900. The largest absolute Gasteiger partial charge is 0.378 e. The first-order valence-corrected chi connectivity index (χ1v) is 7.71. The zero-order valence-electron chi connectivity index (χ0n) is 12.5. The van der Waals surface area contributed by atoms with Crippen LogP contribution < -0.4 is 5.32 Å². The maximum Gasteiger partial charge on any atom is 0.244 e. The lowest BCUT2D eigenvalue weighted by Gasteiger charge is -2.30. The molecule has 0 spiro atoms. The van der Waals surface area contributed by atoms with Gasteiger partial charge in [-0.25, -0.2) is 9.97 Å². The van der Waals surface area contributed by atoms with Crippen molar-refractivity contribution in [2.45, 2.75) is 38.6 Å². The number of aryl methyl sites for hydroxylation is 1. The van der Waals surface area contributed by atoms with Crippen molar-refractivity contribution >= 4 is 11.7 Å². The number of anilines is 1. The van der Waals surface area contributed by atoms with Crippen LogP contribution in [0, 0.1) is 0 Å². The zero-order valence-corrected chi connectivity index (χ0v) is 12.5. The average Bonchev–Trinajstić information content (AvgIpc) is 2.55. The maximum atomic E-state index is 12.4. The highest BCUT2D eigenvalue weighted by Crippen LogP contribution is 2.24. The summed E-state index contributed by atoms with van der Waals surface area (Å²) in [5.41, 5.74) is 2.31. The molecule has 6 heteroatoms. The Hall–Kier alpha value is -1.69. The third-order valence-corrected chi connectivity index (χ3v) is 4.17. The van der Waals surface area contributed by atoms with E-state index in [1.807, 2.05) is 11.8 Å². The standard InChI is InChI=1S/C15H22N4O2/c1-11(15(20)19-6-8-21-9-7-19)18-14-12-4-2-3-5-13(12)16-10-17-14/h10-11H,2-9H2,1H3,(H,16,17,18). The number of nitrogens with one attached hydrogen (secondary N) is 1. The molecule has 21 heavy (non-hydrogen) atoms. The van der Waals surface area contributed by atoms with Crippen LogP contribution in [0.4, 0.5) is 5.82 Å². The van der Waals surface area contributed by atoms with Crippen LogP contribution in [0.2, 0.25) is 0 Å². The van der Waals surface area contributed by atoms with E-state index in [-0.39, 0.29) is 11.9 Å². The zero-order chi connectivity index (χ0) is 14.7. The van der Waals surface area contributed by atoms with Crippen LogP contribution in [0.15, 0.2) is 6.33 Å². The molecule has 1 unspecified atom stereocenters. The number of ether oxygens (including phenoxy) is 1. The van der Waals surface area contributed by atoms with E-state index in [1.165, 1.54) is 18.4 Å². The summed E-state index contributed by atoms with van der Waals surface area (Å²) in [6.45, 7) is 4.50. The Morgan fingerprint density at radius 3 is 2.86 bits per heavy atom. The topological polar surface area (TPSA) is 67.4 Å². The van der Waals surface area contributed by atoms with Crippen LogP contribution in [0.25, 0.3) is 0 Å². The number of hydrogen-bond donors (Lipinski definition) is 1. The van der Waals surface area contributed by atoms with Crippen molar-refractivity contribution in [2.75, 3.05) is 31.6 Å². The molecular formula is C15H22N4O2. The minimum atomic E-state index is -0.274. The highest BCUT2D eigenvalue weighted by atomic mass is 16.5. The normalized spacial score (nSPS) is 19.8. The smallest absolute Gasteiger partial charge is 0.244 e. The summed E-state index contributed by atoms with van der Waals surface area (Å²) >= 11 is 0. The second-order valence-corrected chi connectivity index (χ2v) is 5.66. The van der Waals surface area contributed by atoms with E-state index in [4.69, 9.17) is 4.74 Å². The summed E-state index contributed by atoms with van der Waals surface area (Å²) in [7, 11) is 0. The first kappa shape index (κ1) is 14.3. The lowest BCUT2D eigenvalue weighted by molar-refractivity contribution is -0.135. The van der Waals surface area contributed by atoms with Crippen molar-refractivity contribution in [3.8, 4) is 0 Å². The van der Waals surface area contributed by atoms with Gasteiger partial charge in [0.25, 0.3) is 0 Å².